The van der Waals surface area contributed by atoms with Crippen molar-refractivity contribution in [1.29, 1.82) is 0 Å². The van der Waals surface area contributed by atoms with Crippen LogP contribution in [0.25, 0.3) is 11.0 Å². The van der Waals surface area contributed by atoms with Crippen LogP contribution in [0.5, 0.6) is 5.75 Å². The second-order valence-corrected chi connectivity index (χ2v) is 6.01. The molecular weight excluding hydrogens is 331 g/mol. The minimum absolute atomic E-state index is 0.207. The molecule has 7 heteroatoms. The van der Waals surface area contributed by atoms with Crippen molar-refractivity contribution in [3.63, 3.8) is 0 Å². The summed E-state index contributed by atoms with van der Waals surface area (Å²) in [5.41, 5.74) is 4.00. The Balaban J connectivity index is 1.73. The molecule has 0 aliphatic carbocycles. The van der Waals surface area contributed by atoms with Crippen molar-refractivity contribution < 1.29 is 17.9 Å². The molecule has 4 rings (SSSR count). The fraction of sp³-hybridized carbons (Fsp3) is 0.278. The SMILES string of the molecule is FC(F)(F)Oc1cccc(Cn2c3c(c4cccnc42)CCNC3)c1. The lowest BCUT2D eigenvalue weighted by molar-refractivity contribution is -0.274. The first-order valence-electron chi connectivity index (χ1n) is 8.01. The number of ether oxygens (including phenoxy) is 1. The number of nitrogens with one attached hydrogen (secondary N) is 1. The Morgan fingerprint density at radius 2 is 2.08 bits per heavy atom. The Morgan fingerprint density at radius 3 is 2.92 bits per heavy atom. The van der Waals surface area contributed by atoms with Crippen LogP contribution in [0.2, 0.25) is 0 Å². The Labute approximate surface area is 142 Å². The summed E-state index contributed by atoms with van der Waals surface area (Å²) < 4.78 is 43.4. The van der Waals surface area contributed by atoms with Crippen LogP contribution in [0, 0.1) is 0 Å². The van der Waals surface area contributed by atoms with E-state index in [2.05, 4.69) is 19.6 Å². The van der Waals surface area contributed by atoms with Gasteiger partial charge in [0.05, 0.1) is 0 Å². The molecule has 0 spiro atoms. The predicted octanol–water partition coefficient (Wildman–Crippen LogP) is 3.63. The van der Waals surface area contributed by atoms with E-state index in [1.807, 2.05) is 12.1 Å². The lowest BCUT2D eigenvalue weighted by atomic mass is 10.1. The highest BCUT2D eigenvalue weighted by molar-refractivity contribution is 5.82. The van der Waals surface area contributed by atoms with Gasteiger partial charge in [-0.1, -0.05) is 12.1 Å². The van der Waals surface area contributed by atoms with Crippen molar-refractivity contribution >= 4 is 11.0 Å². The number of nitrogens with zero attached hydrogens (tertiary/aromatic N) is 2. The third kappa shape index (κ3) is 3.19. The summed E-state index contributed by atoms with van der Waals surface area (Å²) in [6.45, 7) is 2.08. The largest absolute Gasteiger partial charge is 0.573 e. The maximum absolute atomic E-state index is 12.4. The number of halogens is 3. The average Bonchev–Trinajstić information content (AvgIpc) is 2.89. The molecule has 1 aliphatic heterocycles. The van der Waals surface area contributed by atoms with E-state index >= 15 is 0 Å². The summed E-state index contributed by atoms with van der Waals surface area (Å²) in [5.74, 6) is -0.207. The standard InChI is InChI=1S/C18H16F3N3O/c19-18(20,21)25-13-4-1-3-12(9-13)11-24-16-10-22-8-6-14(16)15-5-2-7-23-17(15)24/h1-5,7,9,22H,6,8,10-11H2. The zero-order chi connectivity index (χ0) is 17.4. The van der Waals surface area contributed by atoms with Crippen molar-refractivity contribution in [1.82, 2.24) is 14.9 Å². The molecule has 0 fully saturated rings. The molecule has 0 amide bonds. The molecule has 1 aromatic carbocycles. The molecular formula is C18H16F3N3O. The number of hydrogen-bond donors (Lipinski definition) is 1. The normalized spacial score (nSPS) is 14.5. The van der Waals surface area contributed by atoms with Crippen LogP contribution in [-0.4, -0.2) is 22.5 Å². The molecule has 0 unspecified atom stereocenters. The lowest BCUT2D eigenvalue weighted by Crippen LogP contribution is -2.25. The van der Waals surface area contributed by atoms with E-state index in [1.54, 1.807) is 18.3 Å². The topological polar surface area (TPSA) is 39.1 Å². The quantitative estimate of drug-likeness (QED) is 0.786. The van der Waals surface area contributed by atoms with Gasteiger partial charge >= 0.3 is 6.36 Å². The van der Waals surface area contributed by atoms with Gasteiger partial charge < -0.3 is 14.6 Å². The molecule has 3 heterocycles. The van der Waals surface area contributed by atoms with E-state index in [-0.39, 0.29) is 5.75 Å². The van der Waals surface area contributed by atoms with Crippen LogP contribution in [0.15, 0.2) is 42.6 Å². The van der Waals surface area contributed by atoms with Gasteiger partial charge in [-0.3, -0.25) is 0 Å². The Hall–Kier alpha value is -2.54. The molecule has 4 nitrogen and oxygen atoms in total. The smallest absolute Gasteiger partial charge is 0.406 e. The fourth-order valence-corrected chi connectivity index (χ4v) is 3.39. The second-order valence-electron chi connectivity index (χ2n) is 6.01. The Bertz CT molecular complexity index is 918. The van der Waals surface area contributed by atoms with Gasteiger partial charge in [0.2, 0.25) is 0 Å². The number of benzene rings is 1. The third-order valence-electron chi connectivity index (χ3n) is 4.36. The molecule has 0 atom stereocenters. The van der Waals surface area contributed by atoms with E-state index in [0.29, 0.717) is 6.54 Å². The number of fused-ring (bicyclic) bond motifs is 3. The van der Waals surface area contributed by atoms with E-state index in [1.165, 1.54) is 17.7 Å². The van der Waals surface area contributed by atoms with Gasteiger partial charge in [0.1, 0.15) is 11.4 Å². The van der Waals surface area contributed by atoms with Crippen molar-refractivity contribution in [3.8, 4) is 5.75 Å². The van der Waals surface area contributed by atoms with Crippen molar-refractivity contribution in [3.05, 3.63) is 59.4 Å². The number of aromatic nitrogens is 2. The van der Waals surface area contributed by atoms with Crippen molar-refractivity contribution in [2.24, 2.45) is 0 Å². The molecule has 0 saturated carbocycles. The highest BCUT2D eigenvalue weighted by atomic mass is 19.4. The molecule has 1 aliphatic rings. The summed E-state index contributed by atoms with van der Waals surface area (Å²) in [6.07, 6.45) is -2.04. The maximum Gasteiger partial charge on any atom is 0.573 e. The maximum atomic E-state index is 12.4. The average molecular weight is 347 g/mol. The Kier molecular flexibility index (Phi) is 3.88. The third-order valence-corrected chi connectivity index (χ3v) is 4.36. The molecule has 3 aromatic rings. The Morgan fingerprint density at radius 1 is 1.20 bits per heavy atom. The molecule has 2 aromatic heterocycles. The number of pyridine rings is 1. The predicted molar refractivity (Wildman–Crippen MR) is 87.4 cm³/mol. The fourth-order valence-electron chi connectivity index (χ4n) is 3.39. The first-order chi connectivity index (χ1) is 12.0. The van der Waals surface area contributed by atoms with Crippen LogP contribution in [0.4, 0.5) is 13.2 Å². The number of hydrogen-bond acceptors (Lipinski definition) is 3. The molecule has 25 heavy (non-hydrogen) atoms. The minimum atomic E-state index is -4.69. The van der Waals surface area contributed by atoms with Gasteiger partial charge in [-0.25, -0.2) is 4.98 Å². The summed E-state index contributed by atoms with van der Waals surface area (Å²) in [4.78, 5) is 4.49. The number of rotatable bonds is 3. The highest BCUT2D eigenvalue weighted by Gasteiger charge is 2.31. The molecule has 0 saturated heterocycles. The zero-order valence-corrected chi connectivity index (χ0v) is 13.3. The lowest BCUT2D eigenvalue weighted by Gasteiger charge is -2.17. The van der Waals surface area contributed by atoms with Crippen molar-refractivity contribution in [2.45, 2.75) is 25.9 Å². The van der Waals surface area contributed by atoms with Gasteiger partial charge in [0.25, 0.3) is 0 Å². The second kappa shape index (κ2) is 6.07. The van der Waals surface area contributed by atoms with Gasteiger partial charge in [0.15, 0.2) is 0 Å². The molecule has 0 bridgehead atoms. The summed E-state index contributed by atoms with van der Waals surface area (Å²) >= 11 is 0. The van der Waals surface area contributed by atoms with Gasteiger partial charge in [-0.05, 0) is 48.4 Å². The van der Waals surface area contributed by atoms with Crippen LogP contribution in [0.3, 0.4) is 0 Å². The molecule has 0 radical (unpaired) electrons. The first kappa shape index (κ1) is 16.0. The van der Waals surface area contributed by atoms with Gasteiger partial charge in [0, 0.05) is 30.4 Å². The van der Waals surface area contributed by atoms with E-state index < -0.39 is 6.36 Å². The first-order valence-corrected chi connectivity index (χ1v) is 8.01. The van der Waals surface area contributed by atoms with Gasteiger partial charge in [-0.2, -0.15) is 0 Å². The zero-order valence-electron chi connectivity index (χ0n) is 13.3. The highest BCUT2D eigenvalue weighted by Crippen LogP contribution is 2.29. The summed E-state index contributed by atoms with van der Waals surface area (Å²) in [5, 5.41) is 4.46. The molecule has 130 valence electrons. The van der Waals surface area contributed by atoms with Crippen molar-refractivity contribution in [2.75, 3.05) is 6.54 Å². The van der Waals surface area contributed by atoms with Crippen LogP contribution < -0.4 is 10.1 Å². The summed E-state index contributed by atoms with van der Waals surface area (Å²) in [7, 11) is 0. The number of alkyl halides is 3. The van der Waals surface area contributed by atoms with E-state index in [0.717, 1.165) is 41.8 Å². The van der Waals surface area contributed by atoms with E-state index in [9.17, 15) is 13.2 Å². The molecule has 1 N–H and O–H groups in total. The minimum Gasteiger partial charge on any atom is -0.406 e. The summed E-state index contributed by atoms with van der Waals surface area (Å²) in [6, 6.07) is 10.0. The van der Waals surface area contributed by atoms with Crippen LogP contribution in [0.1, 0.15) is 16.8 Å². The van der Waals surface area contributed by atoms with Crippen LogP contribution in [-0.2, 0) is 19.5 Å². The van der Waals surface area contributed by atoms with E-state index in [4.69, 9.17) is 0 Å². The van der Waals surface area contributed by atoms with Gasteiger partial charge in [-0.15, -0.1) is 13.2 Å². The van der Waals surface area contributed by atoms with Crippen LogP contribution >= 0.6 is 0 Å². The monoisotopic (exact) mass is 347 g/mol.